The highest BCUT2D eigenvalue weighted by atomic mass is 16.5. The van der Waals surface area contributed by atoms with Gasteiger partial charge in [-0.15, -0.1) is 0 Å². The number of nitrogens with one attached hydrogen (secondary N) is 1. The lowest BCUT2D eigenvalue weighted by molar-refractivity contribution is -0.122. The van der Waals surface area contributed by atoms with E-state index in [1.165, 1.54) is 0 Å². The molecule has 1 amide bonds. The zero-order chi connectivity index (χ0) is 10.6. The van der Waals surface area contributed by atoms with Crippen LogP contribution in [0.3, 0.4) is 0 Å². The summed E-state index contributed by atoms with van der Waals surface area (Å²) in [6.07, 6.45) is 0.608. The third-order valence-corrected chi connectivity index (χ3v) is 1.77. The second kappa shape index (κ2) is 4.71. The Morgan fingerprint density at radius 2 is 2.43 bits per heavy atom. The van der Waals surface area contributed by atoms with Gasteiger partial charge < -0.3 is 15.6 Å². The maximum Gasteiger partial charge on any atom is 0.237 e. The van der Waals surface area contributed by atoms with Crippen LogP contribution in [0.5, 0.6) is 0 Å². The summed E-state index contributed by atoms with van der Waals surface area (Å²) in [7, 11) is 0. The molecular weight excluding hydrogens is 184 g/mol. The van der Waals surface area contributed by atoms with E-state index in [2.05, 4.69) is 15.5 Å². The van der Waals surface area contributed by atoms with E-state index in [0.29, 0.717) is 18.1 Å². The van der Waals surface area contributed by atoms with Crippen LogP contribution >= 0.6 is 0 Å². The van der Waals surface area contributed by atoms with Gasteiger partial charge in [0.2, 0.25) is 11.8 Å². The molecule has 0 bridgehead atoms. The lowest BCUT2D eigenvalue weighted by atomic mass is 10.2. The first kappa shape index (κ1) is 10.6. The van der Waals surface area contributed by atoms with Crippen LogP contribution in [0.15, 0.2) is 4.52 Å². The number of aromatic nitrogens is 2. The van der Waals surface area contributed by atoms with Crippen molar-refractivity contribution in [3.63, 3.8) is 0 Å². The van der Waals surface area contributed by atoms with Gasteiger partial charge in [0.15, 0.2) is 5.82 Å². The van der Waals surface area contributed by atoms with Crippen molar-refractivity contribution in [3.8, 4) is 0 Å². The minimum atomic E-state index is -0.469. The van der Waals surface area contributed by atoms with Crippen LogP contribution < -0.4 is 11.1 Å². The fourth-order valence-corrected chi connectivity index (χ4v) is 0.896. The molecular formula is C8H14N4O2. The smallest absolute Gasteiger partial charge is 0.237 e. The molecule has 0 saturated carbocycles. The highest BCUT2D eigenvalue weighted by Crippen LogP contribution is 1.94. The van der Waals surface area contributed by atoms with Crippen molar-refractivity contribution in [3.05, 3.63) is 11.7 Å². The number of rotatable bonds is 4. The molecule has 0 unspecified atom stereocenters. The molecule has 0 aliphatic carbocycles. The Hall–Kier alpha value is -1.43. The molecule has 14 heavy (non-hydrogen) atoms. The normalized spacial score (nSPS) is 12.5. The fraction of sp³-hybridized carbons (Fsp3) is 0.625. The Bertz CT molecular complexity index is 310. The molecule has 0 aliphatic rings. The standard InChI is InChI=1S/C8H14N4O2/c1-3-6(9)8(13)10-4-7-11-5(2)14-12-7/h6H,3-4,9H2,1-2H3,(H,10,13)/t6-/m1/s1. The molecule has 0 aromatic carbocycles. The highest BCUT2D eigenvalue weighted by Gasteiger charge is 2.11. The molecule has 1 atom stereocenters. The van der Waals surface area contributed by atoms with Crippen LogP contribution in [0, 0.1) is 6.92 Å². The van der Waals surface area contributed by atoms with E-state index in [4.69, 9.17) is 10.3 Å². The summed E-state index contributed by atoms with van der Waals surface area (Å²) >= 11 is 0. The number of hydrogen-bond acceptors (Lipinski definition) is 5. The fourth-order valence-electron chi connectivity index (χ4n) is 0.896. The predicted octanol–water partition coefficient (Wildman–Crippen LogP) is -0.268. The first-order valence-corrected chi connectivity index (χ1v) is 4.46. The molecule has 0 saturated heterocycles. The Morgan fingerprint density at radius 3 is 2.93 bits per heavy atom. The van der Waals surface area contributed by atoms with Crippen molar-refractivity contribution in [1.82, 2.24) is 15.5 Å². The third kappa shape index (κ3) is 2.81. The van der Waals surface area contributed by atoms with E-state index < -0.39 is 6.04 Å². The number of aryl methyl sites for hydroxylation is 1. The topological polar surface area (TPSA) is 94.0 Å². The molecule has 0 aliphatic heterocycles. The Labute approximate surface area is 81.9 Å². The number of carbonyl (C=O) groups excluding carboxylic acids is 1. The van der Waals surface area contributed by atoms with Crippen LogP contribution in [0.4, 0.5) is 0 Å². The van der Waals surface area contributed by atoms with Crippen LogP contribution in [-0.4, -0.2) is 22.1 Å². The number of hydrogen-bond donors (Lipinski definition) is 2. The van der Waals surface area contributed by atoms with E-state index in [1.807, 2.05) is 6.92 Å². The van der Waals surface area contributed by atoms with Gasteiger partial charge in [-0.2, -0.15) is 4.98 Å². The lowest BCUT2D eigenvalue weighted by Gasteiger charge is -2.07. The molecule has 1 rings (SSSR count). The van der Waals surface area contributed by atoms with Crippen LogP contribution in [0.1, 0.15) is 25.1 Å². The maximum absolute atomic E-state index is 11.2. The second-order valence-electron chi connectivity index (χ2n) is 2.96. The minimum Gasteiger partial charge on any atom is -0.347 e. The van der Waals surface area contributed by atoms with Gasteiger partial charge in [0, 0.05) is 6.92 Å². The lowest BCUT2D eigenvalue weighted by Crippen LogP contribution is -2.39. The summed E-state index contributed by atoms with van der Waals surface area (Å²) in [6.45, 7) is 3.79. The van der Waals surface area contributed by atoms with Gasteiger partial charge in [0.1, 0.15) is 0 Å². The zero-order valence-corrected chi connectivity index (χ0v) is 8.28. The first-order chi connectivity index (χ1) is 6.63. The molecule has 1 aromatic heterocycles. The molecule has 0 fully saturated rings. The molecule has 0 radical (unpaired) electrons. The van der Waals surface area contributed by atoms with E-state index in [-0.39, 0.29) is 12.5 Å². The third-order valence-electron chi connectivity index (χ3n) is 1.77. The summed E-state index contributed by atoms with van der Waals surface area (Å²) < 4.78 is 4.74. The summed E-state index contributed by atoms with van der Waals surface area (Å²) in [5.74, 6) is 0.739. The average molecular weight is 198 g/mol. The summed E-state index contributed by atoms with van der Waals surface area (Å²) in [4.78, 5) is 15.2. The van der Waals surface area contributed by atoms with Crippen LogP contribution in [-0.2, 0) is 11.3 Å². The average Bonchev–Trinajstić information content (AvgIpc) is 2.59. The number of nitrogens with two attached hydrogens (primary N) is 1. The molecule has 6 nitrogen and oxygen atoms in total. The highest BCUT2D eigenvalue weighted by molar-refractivity contribution is 5.81. The summed E-state index contributed by atoms with van der Waals surface area (Å²) in [5, 5.41) is 6.25. The molecule has 1 aromatic rings. The van der Waals surface area contributed by atoms with E-state index >= 15 is 0 Å². The molecule has 1 heterocycles. The van der Waals surface area contributed by atoms with Crippen LogP contribution in [0.25, 0.3) is 0 Å². The summed E-state index contributed by atoms with van der Waals surface area (Å²) in [6, 6.07) is -0.469. The maximum atomic E-state index is 11.2. The largest absolute Gasteiger partial charge is 0.347 e. The number of amides is 1. The Kier molecular flexibility index (Phi) is 3.58. The van der Waals surface area contributed by atoms with E-state index in [1.54, 1.807) is 6.92 Å². The SMILES string of the molecule is CC[C@@H](N)C(=O)NCc1noc(C)n1. The second-order valence-corrected chi connectivity index (χ2v) is 2.96. The Morgan fingerprint density at radius 1 is 1.71 bits per heavy atom. The molecule has 0 spiro atoms. The van der Waals surface area contributed by atoms with Crippen LogP contribution in [0.2, 0.25) is 0 Å². The first-order valence-electron chi connectivity index (χ1n) is 4.46. The monoisotopic (exact) mass is 198 g/mol. The Balaban J connectivity index is 2.37. The zero-order valence-electron chi connectivity index (χ0n) is 8.28. The minimum absolute atomic E-state index is 0.199. The molecule has 78 valence electrons. The van der Waals surface area contributed by atoms with Crippen molar-refractivity contribution in [1.29, 1.82) is 0 Å². The predicted molar refractivity (Wildman–Crippen MR) is 49.1 cm³/mol. The van der Waals surface area contributed by atoms with Gasteiger partial charge in [0.25, 0.3) is 0 Å². The van der Waals surface area contributed by atoms with E-state index in [0.717, 1.165) is 0 Å². The van der Waals surface area contributed by atoms with Gasteiger partial charge >= 0.3 is 0 Å². The van der Waals surface area contributed by atoms with Gasteiger partial charge in [-0.05, 0) is 6.42 Å². The van der Waals surface area contributed by atoms with Gasteiger partial charge in [-0.3, -0.25) is 4.79 Å². The summed E-state index contributed by atoms with van der Waals surface area (Å²) in [5.41, 5.74) is 5.51. The molecule has 6 heteroatoms. The van der Waals surface area contributed by atoms with Gasteiger partial charge in [0.05, 0.1) is 12.6 Å². The van der Waals surface area contributed by atoms with Gasteiger partial charge in [-0.25, -0.2) is 0 Å². The van der Waals surface area contributed by atoms with Gasteiger partial charge in [-0.1, -0.05) is 12.1 Å². The van der Waals surface area contributed by atoms with Crippen molar-refractivity contribution in [2.75, 3.05) is 0 Å². The molecule has 3 N–H and O–H groups in total. The van der Waals surface area contributed by atoms with Crippen molar-refractivity contribution >= 4 is 5.91 Å². The number of nitrogens with zero attached hydrogens (tertiary/aromatic N) is 2. The van der Waals surface area contributed by atoms with E-state index in [9.17, 15) is 4.79 Å². The quantitative estimate of drug-likeness (QED) is 0.694. The van der Waals surface area contributed by atoms with Crippen molar-refractivity contribution in [2.24, 2.45) is 5.73 Å². The van der Waals surface area contributed by atoms with Crippen molar-refractivity contribution < 1.29 is 9.32 Å². The van der Waals surface area contributed by atoms with Crippen molar-refractivity contribution in [2.45, 2.75) is 32.9 Å². The number of carbonyl (C=O) groups is 1.